The molecule has 1 heterocycles. The Balaban J connectivity index is 0.00000288. The first-order chi connectivity index (χ1) is 11.3. The Hall–Kier alpha value is -1.98. The van der Waals surface area contributed by atoms with Crippen molar-refractivity contribution in [3.63, 3.8) is 0 Å². The minimum Gasteiger partial charge on any atom is -0.399 e. The molecule has 25 heavy (non-hydrogen) atoms. The number of nitrogens with two attached hydrogens (primary N) is 1. The minimum absolute atomic E-state index is 0. The number of unbranched alkanes of at least 4 members (excludes halogenated alkanes) is 1. The van der Waals surface area contributed by atoms with E-state index in [-0.39, 0.29) is 30.7 Å². The predicted octanol–water partition coefficient (Wildman–Crippen LogP) is 3.45. The number of amides is 1. The van der Waals surface area contributed by atoms with Crippen molar-refractivity contribution in [2.45, 2.75) is 25.7 Å². The molecule has 0 saturated heterocycles. The molecule has 0 aliphatic rings. The summed E-state index contributed by atoms with van der Waals surface area (Å²) < 4.78 is 0. The molecular weight excluding hydrogens is 359 g/mol. The standard InChI is InChI=1S/C18H24N4O.2ClH/c19-16-8-2-1-7-15(16)10-11-18(23)22-14-6-5-13-21-17-9-3-4-12-20-17;;/h1-4,7-9,12H,5-6,10-11,13-14,19H2,(H,20,21)(H,22,23);2*1H. The third-order valence-electron chi connectivity index (χ3n) is 3.57. The molecule has 0 bridgehead atoms. The van der Waals surface area contributed by atoms with Gasteiger partial charge in [-0.2, -0.15) is 0 Å². The van der Waals surface area contributed by atoms with E-state index in [2.05, 4.69) is 15.6 Å². The van der Waals surface area contributed by atoms with E-state index in [4.69, 9.17) is 5.73 Å². The summed E-state index contributed by atoms with van der Waals surface area (Å²) in [6.45, 7) is 1.56. The van der Waals surface area contributed by atoms with E-state index in [1.165, 1.54) is 0 Å². The number of nitrogen functional groups attached to an aromatic ring is 1. The van der Waals surface area contributed by atoms with E-state index in [1.54, 1.807) is 6.20 Å². The highest BCUT2D eigenvalue weighted by Crippen LogP contribution is 2.12. The van der Waals surface area contributed by atoms with Crippen LogP contribution in [0.15, 0.2) is 48.7 Å². The molecule has 1 aromatic heterocycles. The number of carbonyl (C=O) groups excluding carboxylic acids is 1. The molecule has 0 spiro atoms. The summed E-state index contributed by atoms with van der Waals surface area (Å²) in [5, 5.41) is 6.20. The van der Waals surface area contributed by atoms with Gasteiger partial charge in [0.05, 0.1) is 0 Å². The zero-order valence-electron chi connectivity index (χ0n) is 14.1. The summed E-state index contributed by atoms with van der Waals surface area (Å²) in [7, 11) is 0. The van der Waals surface area contributed by atoms with Gasteiger partial charge in [-0.3, -0.25) is 4.79 Å². The Bertz CT molecular complexity index is 611. The maximum atomic E-state index is 11.8. The van der Waals surface area contributed by atoms with Crippen LogP contribution in [0, 0.1) is 0 Å². The van der Waals surface area contributed by atoms with Gasteiger partial charge in [-0.1, -0.05) is 24.3 Å². The Kier molecular flexibility index (Phi) is 12.3. The summed E-state index contributed by atoms with van der Waals surface area (Å²) in [5.74, 6) is 0.961. The van der Waals surface area contributed by atoms with Gasteiger partial charge in [0.1, 0.15) is 5.82 Å². The maximum Gasteiger partial charge on any atom is 0.220 e. The first-order valence-corrected chi connectivity index (χ1v) is 8.00. The smallest absolute Gasteiger partial charge is 0.220 e. The van der Waals surface area contributed by atoms with Crippen molar-refractivity contribution < 1.29 is 4.79 Å². The van der Waals surface area contributed by atoms with E-state index in [1.807, 2.05) is 42.5 Å². The largest absolute Gasteiger partial charge is 0.399 e. The van der Waals surface area contributed by atoms with E-state index >= 15 is 0 Å². The Morgan fingerprint density at radius 2 is 1.72 bits per heavy atom. The first-order valence-electron chi connectivity index (χ1n) is 8.00. The fourth-order valence-electron chi connectivity index (χ4n) is 2.26. The molecule has 7 heteroatoms. The van der Waals surface area contributed by atoms with Crippen LogP contribution >= 0.6 is 24.8 Å². The fraction of sp³-hybridized carbons (Fsp3) is 0.333. The average Bonchev–Trinajstić information content (AvgIpc) is 2.58. The van der Waals surface area contributed by atoms with Crippen LogP contribution in [-0.4, -0.2) is 24.0 Å². The number of benzene rings is 1. The fourth-order valence-corrected chi connectivity index (χ4v) is 2.26. The number of nitrogens with zero attached hydrogens (tertiary/aromatic N) is 1. The number of rotatable bonds is 9. The zero-order chi connectivity index (χ0) is 16.3. The molecule has 1 aromatic carbocycles. The lowest BCUT2D eigenvalue weighted by molar-refractivity contribution is -0.121. The van der Waals surface area contributed by atoms with E-state index in [9.17, 15) is 4.79 Å². The van der Waals surface area contributed by atoms with Gasteiger partial charge < -0.3 is 16.4 Å². The highest BCUT2D eigenvalue weighted by Gasteiger charge is 2.03. The second kappa shape index (κ2) is 13.3. The minimum atomic E-state index is 0. The van der Waals surface area contributed by atoms with Crippen molar-refractivity contribution in [1.29, 1.82) is 0 Å². The highest BCUT2D eigenvalue weighted by molar-refractivity contribution is 5.85. The van der Waals surface area contributed by atoms with E-state index < -0.39 is 0 Å². The normalized spacial score (nSPS) is 9.44. The molecule has 0 atom stereocenters. The SMILES string of the molecule is Cl.Cl.Nc1ccccc1CCC(=O)NCCCCNc1ccccn1. The topological polar surface area (TPSA) is 80.0 Å². The van der Waals surface area contributed by atoms with Crippen molar-refractivity contribution in [2.75, 3.05) is 24.1 Å². The van der Waals surface area contributed by atoms with Crippen molar-refractivity contribution in [3.05, 3.63) is 54.2 Å². The van der Waals surface area contributed by atoms with E-state index in [0.29, 0.717) is 19.4 Å². The summed E-state index contributed by atoms with van der Waals surface area (Å²) in [6, 6.07) is 13.5. The molecule has 2 rings (SSSR count). The number of aromatic nitrogens is 1. The number of nitrogens with one attached hydrogen (secondary N) is 2. The van der Waals surface area contributed by atoms with Crippen LogP contribution in [0.5, 0.6) is 0 Å². The van der Waals surface area contributed by atoms with Crippen LogP contribution in [0.2, 0.25) is 0 Å². The number of carbonyl (C=O) groups is 1. The lowest BCUT2D eigenvalue weighted by Gasteiger charge is -2.08. The van der Waals surface area contributed by atoms with Crippen molar-refractivity contribution in [2.24, 2.45) is 0 Å². The van der Waals surface area contributed by atoms with Gasteiger partial charge in [0.25, 0.3) is 0 Å². The second-order valence-corrected chi connectivity index (χ2v) is 5.40. The number of anilines is 2. The lowest BCUT2D eigenvalue weighted by Crippen LogP contribution is -2.25. The van der Waals surface area contributed by atoms with Crippen molar-refractivity contribution >= 4 is 42.2 Å². The van der Waals surface area contributed by atoms with Crippen molar-refractivity contribution in [1.82, 2.24) is 10.3 Å². The summed E-state index contributed by atoms with van der Waals surface area (Å²) in [4.78, 5) is 16.0. The molecule has 138 valence electrons. The highest BCUT2D eigenvalue weighted by atomic mass is 35.5. The Morgan fingerprint density at radius 3 is 2.44 bits per heavy atom. The van der Waals surface area contributed by atoms with Gasteiger partial charge in [0.15, 0.2) is 0 Å². The molecule has 0 aliphatic carbocycles. The number of para-hydroxylation sites is 1. The predicted molar refractivity (Wildman–Crippen MR) is 109 cm³/mol. The van der Waals surface area contributed by atoms with Gasteiger partial charge in [-0.15, -0.1) is 24.8 Å². The summed E-state index contributed by atoms with van der Waals surface area (Å²) >= 11 is 0. The number of hydrogen-bond donors (Lipinski definition) is 3. The van der Waals surface area contributed by atoms with Gasteiger partial charge in [-0.05, 0) is 43.0 Å². The monoisotopic (exact) mass is 384 g/mol. The number of halogens is 2. The van der Waals surface area contributed by atoms with Crippen LogP contribution in [0.4, 0.5) is 11.5 Å². The van der Waals surface area contributed by atoms with Gasteiger partial charge in [-0.25, -0.2) is 4.98 Å². The van der Waals surface area contributed by atoms with E-state index in [0.717, 1.165) is 36.5 Å². The molecule has 5 nitrogen and oxygen atoms in total. The first kappa shape index (κ1) is 23.0. The molecule has 0 fully saturated rings. The van der Waals surface area contributed by atoms with Gasteiger partial charge >= 0.3 is 0 Å². The Labute approximate surface area is 161 Å². The summed E-state index contributed by atoms with van der Waals surface area (Å²) in [6.07, 6.45) is 4.85. The Morgan fingerprint density at radius 1 is 1.00 bits per heavy atom. The summed E-state index contributed by atoms with van der Waals surface area (Å²) in [5.41, 5.74) is 7.65. The lowest BCUT2D eigenvalue weighted by atomic mass is 10.1. The van der Waals surface area contributed by atoms with Crippen LogP contribution in [0.25, 0.3) is 0 Å². The molecular formula is C18H26Cl2N4O. The molecule has 0 unspecified atom stereocenters. The number of hydrogen-bond acceptors (Lipinski definition) is 4. The molecule has 2 aromatic rings. The number of pyridine rings is 1. The third-order valence-corrected chi connectivity index (χ3v) is 3.57. The number of aryl methyl sites for hydroxylation is 1. The zero-order valence-corrected chi connectivity index (χ0v) is 15.7. The molecule has 4 N–H and O–H groups in total. The average molecular weight is 385 g/mol. The third kappa shape index (κ3) is 9.17. The van der Waals surface area contributed by atoms with Crippen molar-refractivity contribution in [3.8, 4) is 0 Å². The van der Waals surface area contributed by atoms with Gasteiger partial charge in [0, 0.05) is 31.4 Å². The quantitative estimate of drug-likeness (QED) is 0.456. The molecule has 0 saturated carbocycles. The van der Waals surface area contributed by atoms with Crippen LogP contribution in [0.3, 0.4) is 0 Å². The van der Waals surface area contributed by atoms with Gasteiger partial charge in [0.2, 0.25) is 5.91 Å². The maximum absolute atomic E-state index is 11.8. The molecule has 1 amide bonds. The van der Waals surface area contributed by atoms with Crippen LogP contribution in [0.1, 0.15) is 24.8 Å². The van der Waals surface area contributed by atoms with Crippen LogP contribution < -0.4 is 16.4 Å². The molecule has 0 aliphatic heterocycles. The van der Waals surface area contributed by atoms with Crippen LogP contribution in [-0.2, 0) is 11.2 Å². The molecule has 0 radical (unpaired) electrons. The second-order valence-electron chi connectivity index (χ2n) is 5.40.